The highest BCUT2D eigenvalue weighted by Gasteiger charge is 2.22. The molecule has 3 heterocycles. The van der Waals surface area contributed by atoms with Crippen molar-refractivity contribution in [2.24, 2.45) is 7.05 Å². The number of nitrogens with one attached hydrogen (secondary N) is 1. The van der Waals surface area contributed by atoms with Crippen molar-refractivity contribution < 1.29 is 0 Å². The van der Waals surface area contributed by atoms with Crippen LogP contribution in [0.2, 0.25) is 4.34 Å². The first kappa shape index (κ1) is 14.7. The fourth-order valence-corrected chi connectivity index (χ4v) is 4.27. The number of rotatable bonds is 5. The van der Waals surface area contributed by atoms with Gasteiger partial charge in [-0.05, 0) is 30.5 Å². The third kappa shape index (κ3) is 3.18. The lowest BCUT2D eigenvalue weighted by Gasteiger charge is -2.21. The highest BCUT2D eigenvalue weighted by atomic mass is 35.5. The van der Waals surface area contributed by atoms with Crippen LogP contribution in [0.1, 0.15) is 34.6 Å². The number of hydrogen-bond acceptors (Lipinski definition) is 5. The van der Waals surface area contributed by atoms with Crippen molar-refractivity contribution in [2.75, 3.05) is 0 Å². The van der Waals surface area contributed by atoms with Gasteiger partial charge < -0.3 is 4.57 Å². The molecule has 3 aromatic rings. The molecule has 0 radical (unpaired) electrons. The summed E-state index contributed by atoms with van der Waals surface area (Å²) in [7, 11) is 1.95. The molecule has 3 aromatic heterocycles. The molecule has 0 saturated carbocycles. The summed E-state index contributed by atoms with van der Waals surface area (Å²) in [5.41, 5.74) is 0. The van der Waals surface area contributed by atoms with Crippen LogP contribution in [0.3, 0.4) is 0 Å². The first-order valence-electron chi connectivity index (χ1n) is 6.53. The van der Waals surface area contributed by atoms with Crippen LogP contribution in [0.4, 0.5) is 0 Å². The molecule has 7 heteroatoms. The largest absolute Gasteiger partial charge is 0.319 e. The van der Waals surface area contributed by atoms with Crippen LogP contribution in [0.25, 0.3) is 0 Å². The van der Waals surface area contributed by atoms with Gasteiger partial charge in [-0.15, -0.1) is 32.9 Å². The van der Waals surface area contributed by atoms with Gasteiger partial charge in [0.2, 0.25) is 0 Å². The Hall–Kier alpha value is -1.21. The zero-order valence-electron chi connectivity index (χ0n) is 11.7. The van der Waals surface area contributed by atoms with Gasteiger partial charge in [-0.1, -0.05) is 17.7 Å². The second-order valence-corrected chi connectivity index (χ2v) is 7.50. The van der Waals surface area contributed by atoms with Crippen LogP contribution in [0.5, 0.6) is 0 Å². The molecule has 0 fully saturated rings. The Labute approximate surface area is 136 Å². The van der Waals surface area contributed by atoms with Crippen LogP contribution in [-0.2, 0) is 7.05 Å². The molecular formula is C14H15ClN4S2. The predicted octanol–water partition coefficient (Wildman–Crippen LogP) is 4.03. The van der Waals surface area contributed by atoms with Gasteiger partial charge in [0.25, 0.3) is 0 Å². The van der Waals surface area contributed by atoms with E-state index < -0.39 is 0 Å². The Morgan fingerprint density at radius 2 is 2.14 bits per heavy atom. The SMILES string of the molecule is CC(NC(c1cccs1)c1ccc(Cl)s1)c1nncn1C. The molecule has 0 aliphatic heterocycles. The van der Waals surface area contributed by atoms with E-state index in [-0.39, 0.29) is 12.1 Å². The summed E-state index contributed by atoms with van der Waals surface area (Å²) in [6.45, 7) is 2.10. The van der Waals surface area contributed by atoms with Gasteiger partial charge in [0, 0.05) is 16.8 Å². The first-order chi connectivity index (χ1) is 10.1. The zero-order chi connectivity index (χ0) is 14.8. The molecule has 0 spiro atoms. The fourth-order valence-electron chi connectivity index (χ4n) is 2.25. The van der Waals surface area contributed by atoms with Crippen molar-refractivity contribution in [3.63, 3.8) is 0 Å². The topological polar surface area (TPSA) is 42.7 Å². The summed E-state index contributed by atoms with van der Waals surface area (Å²) in [6, 6.07) is 8.43. The third-order valence-electron chi connectivity index (χ3n) is 3.26. The average Bonchev–Trinajstić information content (AvgIpc) is 3.17. The van der Waals surface area contributed by atoms with Gasteiger partial charge in [0.1, 0.15) is 12.2 Å². The average molecular weight is 339 g/mol. The minimum Gasteiger partial charge on any atom is -0.319 e. The Balaban J connectivity index is 1.88. The second-order valence-electron chi connectivity index (χ2n) is 4.78. The van der Waals surface area contributed by atoms with Gasteiger partial charge >= 0.3 is 0 Å². The molecule has 0 aliphatic rings. The lowest BCUT2D eigenvalue weighted by molar-refractivity contribution is 0.491. The van der Waals surface area contributed by atoms with Crippen LogP contribution in [0.15, 0.2) is 36.0 Å². The van der Waals surface area contributed by atoms with E-state index in [9.17, 15) is 0 Å². The molecule has 0 amide bonds. The van der Waals surface area contributed by atoms with E-state index in [0.29, 0.717) is 0 Å². The molecule has 1 N–H and O–H groups in total. The molecule has 110 valence electrons. The number of aromatic nitrogens is 3. The lowest BCUT2D eigenvalue weighted by Crippen LogP contribution is -2.26. The molecule has 0 saturated heterocycles. The smallest absolute Gasteiger partial charge is 0.149 e. The number of aryl methyl sites for hydroxylation is 1. The van der Waals surface area contributed by atoms with Gasteiger partial charge in [-0.3, -0.25) is 5.32 Å². The Bertz CT molecular complexity index is 704. The highest BCUT2D eigenvalue weighted by molar-refractivity contribution is 7.16. The Morgan fingerprint density at radius 3 is 2.71 bits per heavy atom. The van der Waals surface area contributed by atoms with E-state index >= 15 is 0 Å². The zero-order valence-corrected chi connectivity index (χ0v) is 14.0. The number of halogens is 1. The summed E-state index contributed by atoms with van der Waals surface area (Å²) < 4.78 is 2.74. The van der Waals surface area contributed by atoms with Crippen LogP contribution < -0.4 is 5.32 Å². The summed E-state index contributed by atoms with van der Waals surface area (Å²) >= 11 is 9.44. The summed E-state index contributed by atoms with van der Waals surface area (Å²) in [6.07, 6.45) is 1.72. The summed E-state index contributed by atoms with van der Waals surface area (Å²) in [4.78, 5) is 2.47. The standard InChI is InChI=1S/C14H15ClN4S2/c1-9(14-18-16-8-19(14)2)17-13(10-4-3-7-20-10)11-5-6-12(15)21-11/h3-9,13,17H,1-2H3. The molecule has 0 aromatic carbocycles. The molecule has 0 bridgehead atoms. The fraction of sp³-hybridized carbons (Fsp3) is 0.286. The minimum absolute atomic E-state index is 0.0884. The summed E-state index contributed by atoms with van der Waals surface area (Å²) in [5.74, 6) is 0.916. The van der Waals surface area contributed by atoms with Crippen molar-refractivity contribution in [1.82, 2.24) is 20.1 Å². The molecule has 2 atom stereocenters. The second kappa shape index (κ2) is 6.27. The Morgan fingerprint density at radius 1 is 1.29 bits per heavy atom. The van der Waals surface area contributed by atoms with Crippen LogP contribution >= 0.6 is 34.3 Å². The quantitative estimate of drug-likeness (QED) is 0.763. The van der Waals surface area contributed by atoms with E-state index in [2.05, 4.69) is 46.0 Å². The van der Waals surface area contributed by atoms with E-state index in [1.54, 1.807) is 29.0 Å². The van der Waals surface area contributed by atoms with E-state index in [1.165, 1.54) is 9.75 Å². The van der Waals surface area contributed by atoms with Crippen molar-refractivity contribution in [2.45, 2.75) is 19.0 Å². The van der Waals surface area contributed by atoms with Gasteiger partial charge in [0.05, 0.1) is 16.4 Å². The van der Waals surface area contributed by atoms with E-state index in [0.717, 1.165) is 10.2 Å². The lowest BCUT2D eigenvalue weighted by atomic mass is 10.1. The molecule has 4 nitrogen and oxygen atoms in total. The maximum atomic E-state index is 6.09. The maximum Gasteiger partial charge on any atom is 0.149 e. The van der Waals surface area contributed by atoms with Crippen LogP contribution in [-0.4, -0.2) is 14.8 Å². The van der Waals surface area contributed by atoms with Crippen molar-refractivity contribution >= 4 is 34.3 Å². The molecular weight excluding hydrogens is 324 g/mol. The highest BCUT2D eigenvalue weighted by Crippen LogP contribution is 2.34. The van der Waals surface area contributed by atoms with Crippen LogP contribution in [0, 0.1) is 0 Å². The van der Waals surface area contributed by atoms with E-state index in [1.807, 2.05) is 17.7 Å². The van der Waals surface area contributed by atoms with Gasteiger partial charge in [0.15, 0.2) is 0 Å². The van der Waals surface area contributed by atoms with E-state index in [4.69, 9.17) is 11.6 Å². The number of thiophene rings is 2. The van der Waals surface area contributed by atoms with Crippen molar-refractivity contribution in [3.8, 4) is 0 Å². The molecule has 3 rings (SSSR count). The van der Waals surface area contributed by atoms with Gasteiger partial charge in [-0.2, -0.15) is 0 Å². The Kier molecular flexibility index (Phi) is 4.40. The molecule has 21 heavy (non-hydrogen) atoms. The normalized spacial score (nSPS) is 14.2. The number of hydrogen-bond donors (Lipinski definition) is 1. The molecule has 2 unspecified atom stereocenters. The minimum atomic E-state index is 0.0884. The number of nitrogens with zero attached hydrogens (tertiary/aromatic N) is 3. The molecule has 0 aliphatic carbocycles. The maximum absolute atomic E-state index is 6.09. The predicted molar refractivity (Wildman–Crippen MR) is 88.0 cm³/mol. The van der Waals surface area contributed by atoms with Gasteiger partial charge in [-0.25, -0.2) is 0 Å². The third-order valence-corrected chi connectivity index (χ3v) is 5.49. The monoisotopic (exact) mass is 338 g/mol. The first-order valence-corrected chi connectivity index (χ1v) is 8.61. The van der Waals surface area contributed by atoms with Crippen molar-refractivity contribution in [3.05, 3.63) is 55.9 Å². The van der Waals surface area contributed by atoms with Crippen molar-refractivity contribution in [1.29, 1.82) is 0 Å². The summed E-state index contributed by atoms with van der Waals surface area (Å²) in [5, 5.41) is 13.8.